The van der Waals surface area contributed by atoms with E-state index in [1.807, 2.05) is 87.5 Å². The van der Waals surface area contributed by atoms with Gasteiger partial charge < -0.3 is 34.3 Å². The molecule has 0 heterocycles. The Morgan fingerprint density at radius 2 is 1.19 bits per heavy atom. The lowest BCUT2D eigenvalue weighted by Crippen LogP contribution is -2.33. The van der Waals surface area contributed by atoms with Gasteiger partial charge in [-0.05, 0) is 70.3 Å². The maximum Gasteiger partial charge on any atom is 0.407 e. The first-order valence-electron chi connectivity index (χ1n) is 15.8. The van der Waals surface area contributed by atoms with Crippen LogP contribution in [0.5, 0.6) is 0 Å². The number of alkyl carbamates (subject to hydrolysis) is 1. The van der Waals surface area contributed by atoms with Crippen LogP contribution < -0.4 is 26.5 Å². The Kier molecular flexibility index (Phi) is 16.4. The van der Waals surface area contributed by atoms with Crippen LogP contribution in [-0.2, 0) is 23.7 Å². The predicted octanol–water partition coefficient (Wildman–Crippen LogP) is 4.32. The summed E-state index contributed by atoms with van der Waals surface area (Å²) >= 11 is 0. The fraction of sp³-hybridized carbons (Fsp3) is 0.417. The van der Waals surface area contributed by atoms with Gasteiger partial charge in [0.15, 0.2) is 0 Å². The summed E-state index contributed by atoms with van der Waals surface area (Å²) in [6, 6.07) is 25.1. The Morgan fingerprint density at radius 3 is 1.70 bits per heavy atom. The summed E-state index contributed by atoms with van der Waals surface area (Å²) in [5, 5.41) is 8.54. The number of amides is 2. The van der Waals surface area contributed by atoms with Crippen LogP contribution in [0.2, 0.25) is 0 Å². The molecule has 0 saturated carbocycles. The highest BCUT2D eigenvalue weighted by molar-refractivity contribution is 7.80. The number of carbonyl (C=O) groups is 3. The number of esters is 1. The van der Waals surface area contributed by atoms with Gasteiger partial charge in [-0.3, -0.25) is 4.79 Å². The second-order valence-corrected chi connectivity index (χ2v) is 13.6. The monoisotopic (exact) mass is 666 g/mol. The van der Waals surface area contributed by atoms with Crippen molar-refractivity contribution in [2.75, 3.05) is 59.8 Å². The standard InChI is InChI=1S/C36H47N2O8P/c1-36(2,3)46-35(41)38-20-12-22-44-24-26-45-25-23-43-21-11-19-37-33(39)28-17-18-31(34(40)42-4)32(27-28)47(29-13-7-5-8-14-29)30-15-9-6-10-16-30/h5-10,13-18,27H,11-12,19-26H2,1-4H3,(H,37,39)(H,38,41). The first kappa shape index (κ1) is 37.6. The van der Waals surface area contributed by atoms with Crippen LogP contribution in [0.1, 0.15) is 54.3 Å². The number of hydrogen-bond acceptors (Lipinski definition) is 8. The predicted molar refractivity (Wildman–Crippen MR) is 185 cm³/mol. The minimum atomic E-state index is -1.12. The largest absolute Gasteiger partial charge is 0.465 e. The third-order valence-electron chi connectivity index (χ3n) is 6.56. The number of methoxy groups -OCH3 is 1. The van der Waals surface area contributed by atoms with Crippen molar-refractivity contribution in [3.05, 3.63) is 90.0 Å². The highest BCUT2D eigenvalue weighted by Crippen LogP contribution is 2.34. The number of ether oxygens (including phenoxy) is 5. The zero-order valence-electron chi connectivity index (χ0n) is 27.8. The topological polar surface area (TPSA) is 121 Å². The molecule has 3 rings (SSSR count). The molecule has 0 atom stereocenters. The molecule has 0 saturated heterocycles. The molecule has 0 radical (unpaired) electrons. The van der Waals surface area contributed by atoms with Crippen molar-refractivity contribution >= 4 is 41.8 Å². The third kappa shape index (κ3) is 13.8. The van der Waals surface area contributed by atoms with Crippen LogP contribution in [0.15, 0.2) is 78.9 Å². The molecule has 3 aromatic carbocycles. The van der Waals surface area contributed by atoms with E-state index in [-0.39, 0.29) is 5.91 Å². The molecule has 11 heteroatoms. The van der Waals surface area contributed by atoms with Gasteiger partial charge in [0.1, 0.15) is 5.60 Å². The van der Waals surface area contributed by atoms with Gasteiger partial charge in [0.05, 0.1) is 39.1 Å². The maximum absolute atomic E-state index is 13.1. The number of carbonyl (C=O) groups excluding carboxylic acids is 3. The molecule has 0 bridgehead atoms. The summed E-state index contributed by atoms with van der Waals surface area (Å²) < 4.78 is 26.9. The van der Waals surface area contributed by atoms with Gasteiger partial charge in [-0.15, -0.1) is 0 Å². The number of hydrogen-bond donors (Lipinski definition) is 2. The molecule has 0 aliphatic rings. The van der Waals surface area contributed by atoms with Crippen molar-refractivity contribution in [1.82, 2.24) is 10.6 Å². The fourth-order valence-electron chi connectivity index (χ4n) is 4.42. The van der Waals surface area contributed by atoms with Crippen molar-refractivity contribution in [2.45, 2.75) is 39.2 Å². The molecular weight excluding hydrogens is 619 g/mol. The Balaban J connectivity index is 1.37. The minimum Gasteiger partial charge on any atom is -0.465 e. The average Bonchev–Trinajstić information content (AvgIpc) is 3.06. The molecule has 0 aliphatic carbocycles. The Bertz CT molecular complexity index is 1340. The quantitative estimate of drug-likeness (QED) is 0.110. The lowest BCUT2D eigenvalue weighted by atomic mass is 10.1. The summed E-state index contributed by atoms with van der Waals surface area (Å²) in [5.74, 6) is -0.660. The molecule has 0 spiro atoms. The Hall–Kier alpha value is -3.82. The van der Waals surface area contributed by atoms with E-state index in [0.717, 1.165) is 15.9 Å². The van der Waals surface area contributed by atoms with Crippen molar-refractivity contribution < 1.29 is 38.1 Å². The molecule has 0 aliphatic heterocycles. The van der Waals surface area contributed by atoms with E-state index in [9.17, 15) is 14.4 Å². The van der Waals surface area contributed by atoms with E-state index in [2.05, 4.69) is 10.6 Å². The molecule has 2 amide bonds. The minimum absolute atomic E-state index is 0.220. The molecular formula is C36H47N2O8P. The summed E-state index contributed by atoms with van der Waals surface area (Å²) in [6.07, 6.45) is 0.891. The third-order valence-corrected chi connectivity index (χ3v) is 9.04. The first-order chi connectivity index (χ1) is 22.7. The van der Waals surface area contributed by atoms with Gasteiger partial charge in [0.25, 0.3) is 5.91 Å². The molecule has 0 aromatic heterocycles. The molecule has 47 heavy (non-hydrogen) atoms. The lowest BCUT2D eigenvalue weighted by molar-refractivity contribution is 0.0136. The van der Waals surface area contributed by atoms with Crippen molar-refractivity contribution in [2.24, 2.45) is 0 Å². The number of benzene rings is 3. The highest BCUT2D eigenvalue weighted by atomic mass is 31.1. The maximum atomic E-state index is 13.1. The molecule has 254 valence electrons. The molecule has 2 N–H and O–H groups in total. The van der Waals surface area contributed by atoms with Gasteiger partial charge in [0, 0.05) is 37.2 Å². The van der Waals surface area contributed by atoms with E-state index < -0.39 is 25.6 Å². The zero-order valence-corrected chi connectivity index (χ0v) is 28.7. The smallest absolute Gasteiger partial charge is 0.407 e. The number of rotatable bonds is 19. The van der Waals surface area contributed by atoms with Crippen LogP contribution in [-0.4, -0.2) is 83.4 Å². The van der Waals surface area contributed by atoms with Crippen LogP contribution in [0.25, 0.3) is 0 Å². The summed E-state index contributed by atoms with van der Waals surface area (Å²) in [4.78, 5) is 37.5. The molecule has 0 unspecified atom stereocenters. The van der Waals surface area contributed by atoms with E-state index in [0.29, 0.717) is 76.7 Å². The van der Waals surface area contributed by atoms with Crippen LogP contribution in [0, 0.1) is 0 Å². The highest BCUT2D eigenvalue weighted by Gasteiger charge is 2.24. The summed E-state index contributed by atoms with van der Waals surface area (Å²) in [7, 11) is 0.239. The lowest BCUT2D eigenvalue weighted by Gasteiger charge is -2.22. The molecule has 3 aromatic rings. The normalized spacial score (nSPS) is 11.3. The molecule has 0 fully saturated rings. The van der Waals surface area contributed by atoms with Crippen LogP contribution in [0.4, 0.5) is 4.79 Å². The van der Waals surface area contributed by atoms with Crippen molar-refractivity contribution in [3.63, 3.8) is 0 Å². The second-order valence-electron chi connectivity index (χ2n) is 11.5. The van der Waals surface area contributed by atoms with Gasteiger partial charge in [-0.2, -0.15) is 0 Å². The number of nitrogens with one attached hydrogen (secondary N) is 2. The van der Waals surface area contributed by atoms with E-state index >= 15 is 0 Å². The molecule has 10 nitrogen and oxygen atoms in total. The van der Waals surface area contributed by atoms with Crippen molar-refractivity contribution in [1.29, 1.82) is 0 Å². The fourth-order valence-corrected chi connectivity index (χ4v) is 6.89. The average molecular weight is 667 g/mol. The Morgan fingerprint density at radius 1 is 0.681 bits per heavy atom. The Labute approximate surface area is 279 Å². The SMILES string of the molecule is COC(=O)c1ccc(C(=O)NCCCOCCOCCOCCCNC(=O)OC(C)(C)C)cc1P(c1ccccc1)c1ccccc1. The second kappa shape index (κ2) is 20.4. The summed E-state index contributed by atoms with van der Waals surface area (Å²) in [5.41, 5.74) is 0.405. The van der Waals surface area contributed by atoms with Gasteiger partial charge in [-0.1, -0.05) is 60.7 Å². The van der Waals surface area contributed by atoms with Crippen LogP contribution in [0.3, 0.4) is 0 Å². The first-order valence-corrected chi connectivity index (χ1v) is 17.1. The van der Waals surface area contributed by atoms with E-state index in [4.69, 9.17) is 23.7 Å². The van der Waals surface area contributed by atoms with Crippen molar-refractivity contribution in [3.8, 4) is 0 Å². The van der Waals surface area contributed by atoms with E-state index in [1.165, 1.54) is 7.11 Å². The van der Waals surface area contributed by atoms with Gasteiger partial charge in [0.2, 0.25) is 0 Å². The van der Waals surface area contributed by atoms with Gasteiger partial charge in [-0.25, -0.2) is 9.59 Å². The van der Waals surface area contributed by atoms with Crippen LogP contribution >= 0.6 is 7.92 Å². The summed E-state index contributed by atoms with van der Waals surface area (Å²) in [6.45, 7) is 9.17. The van der Waals surface area contributed by atoms with E-state index in [1.54, 1.807) is 12.1 Å². The zero-order chi connectivity index (χ0) is 33.9. The van der Waals surface area contributed by atoms with Gasteiger partial charge >= 0.3 is 12.1 Å².